The largest absolute Gasteiger partial charge is 0.380 e. The fourth-order valence-electron chi connectivity index (χ4n) is 2.06. The summed E-state index contributed by atoms with van der Waals surface area (Å²) < 4.78 is 19.1. The molecule has 0 unspecified atom stereocenters. The Morgan fingerprint density at radius 1 is 1.50 bits per heavy atom. The van der Waals surface area contributed by atoms with Crippen molar-refractivity contribution < 1.29 is 9.13 Å². The van der Waals surface area contributed by atoms with E-state index in [0.29, 0.717) is 18.8 Å². The van der Waals surface area contributed by atoms with Crippen LogP contribution >= 0.6 is 0 Å². The average molecular weight is 248 g/mol. The molecule has 3 nitrogen and oxygen atoms in total. The lowest BCUT2D eigenvalue weighted by Crippen LogP contribution is -2.39. The number of para-hydroxylation sites is 1. The standard InChI is InChI=1S/C14H17FN2O/c1-11-4-2-5-12(15)13(11)17-8-9-18-14(10-16)6-3-7-14/h2,4-5,17H,3,6-9H2,1H3. The number of hydrogen-bond donors (Lipinski definition) is 1. The van der Waals surface area contributed by atoms with Gasteiger partial charge in [-0.15, -0.1) is 0 Å². The number of halogens is 1. The SMILES string of the molecule is Cc1cccc(F)c1NCCOC1(C#N)CCC1. The van der Waals surface area contributed by atoms with Crippen LogP contribution in [0, 0.1) is 24.1 Å². The summed E-state index contributed by atoms with van der Waals surface area (Å²) in [5.41, 5.74) is 0.806. The van der Waals surface area contributed by atoms with Crippen LogP contribution in [0.3, 0.4) is 0 Å². The summed E-state index contributed by atoms with van der Waals surface area (Å²) in [4.78, 5) is 0. The molecule has 1 aliphatic carbocycles. The molecule has 4 heteroatoms. The number of benzene rings is 1. The van der Waals surface area contributed by atoms with E-state index in [9.17, 15) is 4.39 Å². The first-order chi connectivity index (χ1) is 8.67. The van der Waals surface area contributed by atoms with Gasteiger partial charge in [-0.1, -0.05) is 12.1 Å². The van der Waals surface area contributed by atoms with Crippen molar-refractivity contribution in [1.29, 1.82) is 5.26 Å². The van der Waals surface area contributed by atoms with Crippen molar-refractivity contribution in [2.24, 2.45) is 0 Å². The quantitative estimate of drug-likeness (QED) is 0.815. The van der Waals surface area contributed by atoms with Gasteiger partial charge < -0.3 is 10.1 Å². The van der Waals surface area contributed by atoms with Crippen molar-refractivity contribution in [1.82, 2.24) is 0 Å². The molecule has 0 atom stereocenters. The van der Waals surface area contributed by atoms with Gasteiger partial charge in [-0.2, -0.15) is 5.26 Å². The summed E-state index contributed by atoms with van der Waals surface area (Å²) in [6, 6.07) is 7.18. The summed E-state index contributed by atoms with van der Waals surface area (Å²) in [6.45, 7) is 2.78. The second-order valence-corrected chi connectivity index (χ2v) is 4.67. The predicted octanol–water partition coefficient (Wildman–Crippen LogP) is 3.01. The summed E-state index contributed by atoms with van der Waals surface area (Å²) in [5, 5.41) is 12.0. The number of nitrogens with one attached hydrogen (secondary N) is 1. The van der Waals surface area contributed by atoms with E-state index in [1.54, 1.807) is 6.07 Å². The first kappa shape index (κ1) is 12.8. The minimum Gasteiger partial charge on any atom is -0.380 e. The van der Waals surface area contributed by atoms with Gasteiger partial charge in [-0.05, 0) is 37.8 Å². The van der Waals surface area contributed by atoms with Crippen molar-refractivity contribution in [2.45, 2.75) is 31.8 Å². The number of anilines is 1. The number of aryl methyl sites for hydroxylation is 1. The fourth-order valence-corrected chi connectivity index (χ4v) is 2.06. The Morgan fingerprint density at radius 3 is 2.83 bits per heavy atom. The fraction of sp³-hybridized carbons (Fsp3) is 0.500. The Bertz CT molecular complexity index is 443. The molecule has 1 aromatic rings. The Morgan fingerprint density at radius 2 is 2.28 bits per heavy atom. The number of ether oxygens (including phenoxy) is 1. The first-order valence-corrected chi connectivity index (χ1v) is 6.21. The van der Waals surface area contributed by atoms with E-state index in [4.69, 9.17) is 10.00 Å². The van der Waals surface area contributed by atoms with Crippen molar-refractivity contribution in [3.8, 4) is 6.07 Å². The molecule has 0 radical (unpaired) electrons. The maximum absolute atomic E-state index is 13.5. The molecule has 0 aromatic heterocycles. The molecule has 0 amide bonds. The second kappa shape index (κ2) is 5.36. The zero-order valence-corrected chi connectivity index (χ0v) is 10.5. The normalized spacial score (nSPS) is 16.7. The van der Waals surface area contributed by atoms with Crippen LogP contribution in [0.1, 0.15) is 24.8 Å². The van der Waals surface area contributed by atoms with Crippen molar-refractivity contribution in [2.75, 3.05) is 18.5 Å². The van der Waals surface area contributed by atoms with Crippen LogP contribution in [-0.2, 0) is 4.74 Å². The molecule has 1 aliphatic rings. The molecule has 0 saturated heterocycles. The van der Waals surface area contributed by atoms with Crippen LogP contribution in [0.25, 0.3) is 0 Å². The number of nitrogens with zero attached hydrogens (tertiary/aromatic N) is 1. The minimum atomic E-state index is -0.577. The van der Waals surface area contributed by atoms with E-state index >= 15 is 0 Å². The van der Waals surface area contributed by atoms with E-state index in [-0.39, 0.29) is 5.82 Å². The van der Waals surface area contributed by atoms with Crippen LogP contribution in [0.5, 0.6) is 0 Å². The van der Waals surface area contributed by atoms with Crippen LogP contribution in [0.4, 0.5) is 10.1 Å². The third-order valence-electron chi connectivity index (χ3n) is 3.37. The van der Waals surface area contributed by atoms with Gasteiger partial charge in [0.1, 0.15) is 5.82 Å². The highest BCUT2D eigenvalue weighted by atomic mass is 19.1. The highest BCUT2D eigenvalue weighted by Gasteiger charge is 2.38. The van der Waals surface area contributed by atoms with Gasteiger partial charge in [0, 0.05) is 6.54 Å². The van der Waals surface area contributed by atoms with Gasteiger partial charge in [0.05, 0.1) is 18.4 Å². The Labute approximate surface area is 107 Å². The van der Waals surface area contributed by atoms with Crippen molar-refractivity contribution in [3.63, 3.8) is 0 Å². The van der Waals surface area contributed by atoms with Crippen molar-refractivity contribution >= 4 is 5.69 Å². The molecule has 18 heavy (non-hydrogen) atoms. The maximum Gasteiger partial charge on any atom is 0.154 e. The Balaban J connectivity index is 1.81. The Kier molecular flexibility index (Phi) is 3.83. The highest BCUT2D eigenvalue weighted by Crippen LogP contribution is 2.34. The number of hydrogen-bond acceptors (Lipinski definition) is 3. The molecule has 96 valence electrons. The van der Waals surface area contributed by atoms with Gasteiger partial charge in [-0.3, -0.25) is 0 Å². The summed E-state index contributed by atoms with van der Waals surface area (Å²) in [7, 11) is 0. The smallest absolute Gasteiger partial charge is 0.154 e. The van der Waals surface area contributed by atoms with E-state index in [1.165, 1.54) is 6.07 Å². The molecule has 1 N–H and O–H groups in total. The van der Waals surface area contributed by atoms with Crippen LogP contribution < -0.4 is 5.32 Å². The van der Waals surface area contributed by atoms with Crippen LogP contribution in [0.15, 0.2) is 18.2 Å². The molecule has 1 aromatic carbocycles. The van der Waals surface area contributed by atoms with Gasteiger partial charge in [0.15, 0.2) is 5.60 Å². The van der Waals surface area contributed by atoms with Crippen LogP contribution in [0.2, 0.25) is 0 Å². The summed E-state index contributed by atoms with van der Waals surface area (Å²) in [6.07, 6.45) is 2.66. The lowest BCUT2D eigenvalue weighted by molar-refractivity contribution is -0.0512. The second-order valence-electron chi connectivity index (χ2n) is 4.67. The Hall–Kier alpha value is -1.60. The zero-order valence-electron chi connectivity index (χ0n) is 10.5. The van der Waals surface area contributed by atoms with Crippen molar-refractivity contribution in [3.05, 3.63) is 29.6 Å². The molecule has 1 fully saturated rings. The molecule has 2 rings (SSSR count). The van der Waals surface area contributed by atoms with Gasteiger partial charge in [-0.25, -0.2) is 4.39 Å². The lowest BCUT2D eigenvalue weighted by Gasteiger charge is -2.34. The monoisotopic (exact) mass is 248 g/mol. The van der Waals surface area contributed by atoms with Gasteiger partial charge in [0.25, 0.3) is 0 Å². The van der Waals surface area contributed by atoms with E-state index in [1.807, 2.05) is 13.0 Å². The lowest BCUT2D eigenvalue weighted by atomic mass is 9.81. The van der Waals surface area contributed by atoms with E-state index < -0.39 is 5.60 Å². The summed E-state index contributed by atoms with van der Waals surface area (Å²) in [5.74, 6) is -0.256. The number of rotatable bonds is 5. The van der Waals surface area contributed by atoms with E-state index in [0.717, 1.165) is 24.8 Å². The molecule has 0 heterocycles. The molecule has 1 saturated carbocycles. The topological polar surface area (TPSA) is 45.0 Å². The average Bonchev–Trinajstić information content (AvgIpc) is 2.30. The zero-order chi connectivity index (χ0) is 13.0. The highest BCUT2D eigenvalue weighted by molar-refractivity contribution is 5.51. The van der Waals surface area contributed by atoms with Crippen LogP contribution in [-0.4, -0.2) is 18.8 Å². The van der Waals surface area contributed by atoms with Gasteiger partial charge in [0.2, 0.25) is 0 Å². The predicted molar refractivity (Wildman–Crippen MR) is 67.8 cm³/mol. The minimum absolute atomic E-state index is 0.256. The summed E-state index contributed by atoms with van der Waals surface area (Å²) >= 11 is 0. The van der Waals surface area contributed by atoms with E-state index in [2.05, 4.69) is 11.4 Å². The molecule has 0 aliphatic heterocycles. The molecular formula is C14H17FN2O. The third-order valence-corrected chi connectivity index (χ3v) is 3.37. The first-order valence-electron chi connectivity index (χ1n) is 6.21. The maximum atomic E-state index is 13.5. The van der Waals surface area contributed by atoms with Gasteiger partial charge >= 0.3 is 0 Å². The third kappa shape index (κ3) is 2.62. The molecule has 0 bridgehead atoms. The molecular weight excluding hydrogens is 231 g/mol. The molecule has 0 spiro atoms. The number of nitriles is 1.